The zero-order valence-electron chi connectivity index (χ0n) is 11.5. The van der Waals surface area contributed by atoms with E-state index in [-0.39, 0.29) is 0 Å². The third-order valence-electron chi connectivity index (χ3n) is 4.33. The molecule has 3 rings (SSSR count). The molecule has 4 nitrogen and oxygen atoms in total. The summed E-state index contributed by atoms with van der Waals surface area (Å²) in [5.41, 5.74) is 1.22. The fraction of sp³-hybridized carbons (Fsp3) is 0.733. The van der Waals surface area contributed by atoms with Gasteiger partial charge in [-0.1, -0.05) is 12.8 Å². The minimum atomic E-state index is 0.497. The second kappa shape index (κ2) is 6.55. The molecule has 1 aromatic rings. The Morgan fingerprint density at radius 2 is 2.26 bits per heavy atom. The third-order valence-corrected chi connectivity index (χ3v) is 4.33. The van der Waals surface area contributed by atoms with Gasteiger partial charge in [-0.15, -0.1) is 0 Å². The van der Waals surface area contributed by atoms with E-state index in [0.717, 1.165) is 32.8 Å². The van der Waals surface area contributed by atoms with Crippen LogP contribution in [-0.2, 0) is 11.3 Å². The lowest BCUT2D eigenvalue weighted by atomic mass is 9.90. The summed E-state index contributed by atoms with van der Waals surface area (Å²) in [6.45, 7) is 5.06. The first-order valence-corrected chi connectivity index (χ1v) is 7.51. The van der Waals surface area contributed by atoms with Gasteiger partial charge in [0.05, 0.1) is 25.2 Å². The van der Waals surface area contributed by atoms with E-state index in [0.29, 0.717) is 12.1 Å². The molecule has 2 atom stereocenters. The number of nitrogens with zero attached hydrogens (tertiary/aromatic N) is 1. The van der Waals surface area contributed by atoms with E-state index in [1.165, 1.54) is 31.2 Å². The molecule has 1 N–H and O–H groups in total. The molecule has 1 saturated carbocycles. The molecule has 0 amide bonds. The molecule has 1 aliphatic carbocycles. The van der Waals surface area contributed by atoms with Crippen LogP contribution in [0, 0.1) is 0 Å². The van der Waals surface area contributed by atoms with Crippen LogP contribution >= 0.6 is 0 Å². The van der Waals surface area contributed by atoms with Gasteiger partial charge in [0.15, 0.2) is 0 Å². The number of hydrogen-bond acceptors (Lipinski definition) is 4. The van der Waals surface area contributed by atoms with Crippen LogP contribution in [0.4, 0.5) is 0 Å². The number of rotatable bonds is 5. The number of ether oxygens (including phenoxy) is 1. The molecule has 0 bridgehead atoms. The smallest absolute Gasteiger partial charge is 0.0947 e. The fourth-order valence-corrected chi connectivity index (χ4v) is 3.30. The fourth-order valence-electron chi connectivity index (χ4n) is 3.30. The van der Waals surface area contributed by atoms with E-state index in [1.807, 2.05) is 6.07 Å². The lowest BCUT2D eigenvalue weighted by molar-refractivity contribution is -0.0873. The third kappa shape index (κ3) is 3.38. The zero-order chi connectivity index (χ0) is 12.9. The summed E-state index contributed by atoms with van der Waals surface area (Å²) in [6, 6.07) is 2.68. The first-order chi connectivity index (χ1) is 9.43. The van der Waals surface area contributed by atoms with E-state index < -0.39 is 0 Å². The molecule has 2 fully saturated rings. The predicted molar refractivity (Wildman–Crippen MR) is 74.0 cm³/mol. The van der Waals surface area contributed by atoms with E-state index in [1.54, 1.807) is 12.5 Å². The van der Waals surface area contributed by atoms with Crippen LogP contribution in [0.2, 0.25) is 0 Å². The second-order valence-corrected chi connectivity index (χ2v) is 5.61. The first kappa shape index (κ1) is 13.2. The zero-order valence-corrected chi connectivity index (χ0v) is 11.5. The van der Waals surface area contributed by atoms with E-state index >= 15 is 0 Å². The van der Waals surface area contributed by atoms with Crippen molar-refractivity contribution >= 4 is 0 Å². The Morgan fingerprint density at radius 3 is 3.16 bits per heavy atom. The second-order valence-electron chi connectivity index (χ2n) is 5.61. The van der Waals surface area contributed by atoms with Gasteiger partial charge >= 0.3 is 0 Å². The van der Waals surface area contributed by atoms with Gasteiger partial charge < -0.3 is 14.5 Å². The van der Waals surface area contributed by atoms with Crippen molar-refractivity contribution in [3.8, 4) is 0 Å². The Kier molecular flexibility index (Phi) is 4.53. The van der Waals surface area contributed by atoms with Crippen molar-refractivity contribution in [2.45, 2.75) is 44.4 Å². The molecule has 0 spiro atoms. The maximum absolute atomic E-state index is 5.90. The van der Waals surface area contributed by atoms with Gasteiger partial charge in [0.2, 0.25) is 0 Å². The quantitative estimate of drug-likeness (QED) is 0.826. The molecular weight excluding hydrogens is 240 g/mol. The monoisotopic (exact) mass is 264 g/mol. The molecule has 106 valence electrons. The van der Waals surface area contributed by atoms with Crippen LogP contribution in [0.15, 0.2) is 23.0 Å². The highest BCUT2D eigenvalue weighted by Crippen LogP contribution is 2.27. The predicted octanol–water partition coefficient (Wildman–Crippen LogP) is 2.01. The van der Waals surface area contributed by atoms with Crippen LogP contribution in [-0.4, -0.2) is 43.3 Å². The van der Waals surface area contributed by atoms with Crippen LogP contribution in [0.5, 0.6) is 0 Å². The summed E-state index contributed by atoms with van der Waals surface area (Å²) in [5, 5.41) is 3.49. The van der Waals surface area contributed by atoms with Gasteiger partial charge in [0.25, 0.3) is 0 Å². The van der Waals surface area contributed by atoms with Crippen molar-refractivity contribution in [1.29, 1.82) is 0 Å². The molecule has 19 heavy (non-hydrogen) atoms. The van der Waals surface area contributed by atoms with Gasteiger partial charge in [-0.25, -0.2) is 0 Å². The van der Waals surface area contributed by atoms with Crippen LogP contribution < -0.4 is 5.32 Å². The molecule has 2 heterocycles. The number of morpholine rings is 1. The molecular formula is C15H24N2O2. The molecule has 0 radical (unpaired) electrons. The molecule has 1 aliphatic heterocycles. The summed E-state index contributed by atoms with van der Waals surface area (Å²) in [6.07, 6.45) is 9.30. The standard InChI is InChI=1S/C15H24N2O2/c1-2-4-15-14(3-1)17(8-10-19-15)7-6-16-11-13-5-9-18-12-13/h5,9,12,14-16H,1-4,6-8,10-11H2. The van der Waals surface area contributed by atoms with E-state index in [2.05, 4.69) is 10.2 Å². The Hall–Kier alpha value is -0.840. The maximum Gasteiger partial charge on any atom is 0.0947 e. The van der Waals surface area contributed by atoms with Crippen molar-refractivity contribution < 1.29 is 9.15 Å². The molecule has 2 aliphatic rings. The molecule has 1 saturated heterocycles. The Bertz CT molecular complexity index is 364. The van der Waals surface area contributed by atoms with Gasteiger partial charge in [-0.2, -0.15) is 0 Å². The Labute approximate surface area is 115 Å². The number of furan rings is 1. The maximum atomic E-state index is 5.90. The van der Waals surface area contributed by atoms with Crippen molar-refractivity contribution in [1.82, 2.24) is 10.2 Å². The summed E-state index contributed by atoms with van der Waals surface area (Å²) in [7, 11) is 0. The molecule has 4 heteroatoms. The number of fused-ring (bicyclic) bond motifs is 1. The Morgan fingerprint density at radius 1 is 1.32 bits per heavy atom. The summed E-state index contributed by atoms with van der Waals surface area (Å²) >= 11 is 0. The van der Waals surface area contributed by atoms with E-state index in [4.69, 9.17) is 9.15 Å². The van der Waals surface area contributed by atoms with Crippen molar-refractivity contribution in [2.24, 2.45) is 0 Å². The van der Waals surface area contributed by atoms with Gasteiger partial charge in [0.1, 0.15) is 0 Å². The normalized spacial score (nSPS) is 28.2. The largest absolute Gasteiger partial charge is 0.472 e. The summed E-state index contributed by atoms with van der Waals surface area (Å²) in [5.74, 6) is 0. The lowest BCUT2D eigenvalue weighted by Gasteiger charge is -2.43. The van der Waals surface area contributed by atoms with Crippen LogP contribution in [0.25, 0.3) is 0 Å². The number of nitrogens with one attached hydrogen (secondary N) is 1. The van der Waals surface area contributed by atoms with Gasteiger partial charge in [-0.3, -0.25) is 4.90 Å². The average Bonchev–Trinajstić information content (AvgIpc) is 2.97. The van der Waals surface area contributed by atoms with E-state index in [9.17, 15) is 0 Å². The van der Waals surface area contributed by atoms with Gasteiger partial charge in [0, 0.05) is 37.8 Å². The summed E-state index contributed by atoms with van der Waals surface area (Å²) in [4.78, 5) is 2.62. The average molecular weight is 264 g/mol. The van der Waals surface area contributed by atoms with Crippen molar-refractivity contribution in [2.75, 3.05) is 26.2 Å². The first-order valence-electron chi connectivity index (χ1n) is 7.51. The SMILES string of the molecule is c1cc(CNCCN2CCOC3CCCCC32)co1. The van der Waals surface area contributed by atoms with Crippen LogP contribution in [0.1, 0.15) is 31.2 Å². The summed E-state index contributed by atoms with van der Waals surface area (Å²) < 4.78 is 11.0. The molecule has 2 unspecified atom stereocenters. The minimum Gasteiger partial charge on any atom is -0.472 e. The molecule has 0 aromatic carbocycles. The highest BCUT2D eigenvalue weighted by molar-refractivity contribution is 5.04. The van der Waals surface area contributed by atoms with Crippen LogP contribution in [0.3, 0.4) is 0 Å². The highest BCUT2D eigenvalue weighted by Gasteiger charge is 2.33. The Balaban J connectivity index is 1.41. The lowest BCUT2D eigenvalue weighted by Crippen LogP contribution is -2.54. The van der Waals surface area contributed by atoms with Crippen molar-refractivity contribution in [3.05, 3.63) is 24.2 Å². The topological polar surface area (TPSA) is 37.6 Å². The molecule has 1 aromatic heterocycles. The van der Waals surface area contributed by atoms with Crippen molar-refractivity contribution in [3.63, 3.8) is 0 Å². The minimum absolute atomic E-state index is 0.497. The number of hydrogen-bond donors (Lipinski definition) is 1. The van der Waals surface area contributed by atoms with Gasteiger partial charge in [-0.05, 0) is 18.9 Å². The highest BCUT2D eigenvalue weighted by atomic mass is 16.5.